The number of aromatic nitrogens is 3. The molecule has 3 rings (SSSR count). The molecule has 3 aromatic rings. The molecular weight excluding hydrogens is 278 g/mol. The number of aryl methyl sites for hydroxylation is 2. The molecule has 22 heavy (non-hydrogen) atoms. The van der Waals surface area contributed by atoms with Crippen molar-refractivity contribution in [3.05, 3.63) is 59.7 Å². The van der Waals surface area contributed by atoms with Gasteiger partial charge >= 0.3 is 6.03 Å². The Morgan fingerprint density at radius 3 is 2.91 bits per heavy atom. The normalized spacial score (nSPS) is 10.6. The highest BCUT2D eigenvalue weighted by Crippen LogP contribution is 2.08. The lowest BCUT2D eigenvalue weighted by Gasteiger charge is -2.05. The molecule has 0 radical (unpaired) electrons. The lowest BCUT2D eigenvalue weighted by Crippen LogP contribution is -2.28. The summed E-state index contributed by atoms with van der Waals surface area (Å²) in [7, 11) is 0. The van der Waals surface area contributed by atoms with E-state index in [0.29, 0.717) is 12.4 Å². The van der Waals surface area contributed by atoms with Gasteiger partial charge in [-0.3, -0.25) is 5.32 Å². The van der Waals surface area contributed by atoms with Crippen LogP contribution in [-0.2, 0) is 6.54 Å². The highest BCUT2D eigenvalue weighted by molar-refractivity contribution is 5.88. The molecule has 3 aromatic heterocycles. The van der Waals surface area contributed by atoms with Crippen molar-refractivity contribution in [1.82, 2.24) is 19.7 Å². The Kier molecular flexibility index (Phi) is 3.74. The number of pyridine rings is 2. The van der Waals surface area contributed by atoms with Crippen LogP contribution in [0.25, 0.3) is 5.65 Å². The molecule has 112 valence electrons. The number of nitrogens with zero attached hydrogens (tertiary/aromatic N) is 3. The van der Waals surface area contributed by atoms with Gasteiger partial charge in [-0.25, -0.2) is 14.8 Å². The molecule has 0 aliphatic carbocycles. The molecule has 2 amide bonds. The second-order valence-corrected chi connectivity index (χ2v) is 5.15. The average molecular weight is 295 g/mol. The summed E-state index contributed by atoms with van der Waals surface area (Å²) < 4.78 is 2.00. The quantitative estimate of drug-likeness (QED) is 0.780. The molecule has 0 fully saturated rings. The van der Waals surface area contributed by atoms with E-state index in [4.69, 9.17) is 0 Å². The Bertz CT molecular complexity index is 824. The number of nitrogens with one attached hydrogen (secondary N) is 2. The summed E-state index contributed by atoms with van der Waals surface area (Å²) in [6.45, 7) is 4.32. The second-order valence-electron chi connectivity index (χ2n) is 5.15. The van der Waals surface area contributed by atoms with Gasteiger partial charge < -0.3 is 9.72 Å². The van der Waals surface area contributed by atoms with Crippen molar-refractivity contribution in [2.24, 2.45) is 0 Å². The summed E-state index contributed by atoms with van der Waals surface area (Å²) in [6, 6.07) is 9.31. The van der Waals surface area contributed by atoms with Crippen LogP contribution in [0.4, 0.5) is 10.6 Å². The Balaban J connectivity index is 1.63. The molecule has 0 saturated heterocycles. The first-order chi connectivity index (χ1) is 10.6. The van der Waals surface area contributed by atoms with Crippen LogP contribution >= 0.6 is 0 Å². The van der Waals surface area contributed by atoms with Gasteiger partial charge in [0.15, 0.2) is 0 Å². The number of imidazole rings is 1. The van der Waals surface area contributed by atoms with E-state index in [1.165, 1.54) is 0 Å². The van der Waals surface area contributed by atoms with Gasteiger partial charge in [-0.1, -0.05) is 6.07 Å². The number of urea groups is 1. The topological polar surface area (TPSA) is 71.3 Å². The van der Waals surface area contributed by atoms with Gasteiger partial charge in [0.25, 0.3) is 0 Å². The van der Waals surface area contributed by atoms with Crippen LogP contribution in [0.5, 0.6) is 0 Å². The number of hydrogen-bond donors (Lipinski definition) is 2. The van der Waals surface area contributed by atoms with Gasteiger partial charge in [0.05, 0.1) is 12.2 Å². The number of anilines is 1. The van der Waals surface area contributed by atoms with Crippen molar-refractivity contribution >= 4 is 17.5 Å². The van der Waals surface area contributed by atoms with Gasteiger partial charge in [0.1, 0.15) is 11.5 Å². The van der Waals surface area contributed by atoms with E-state index in [9.17, 15) is 4.79 Å². The smallest absolute Gasteiger partial charge is 0.320 e. The molecule has 0 saturated carbocycles. The fourth-order valence-corrected chi connectivity index (χ4v) is 2.22. The molecule has 6 heteroatoms. The van der Waals surface area contributed by atoms with E-state index in [2.05, 4.69) is 20.6 Å². The van der Waals surface area contributed by atoms with Crippen molar-refractivity contribution in [2.45, 2.75) is 20.4 Å². The molecule has 0 unspecified atom stereocenters. The zero-order valence-electron chi connectivity index (χ0n) is 12.5. The first-order valence-corrected chi connectivity index (χ1v) is 7.03. The summed E-state index contributed by atoms with van der Waals surface area (Å²) in [5.74, 6) is 0.531. The molecule has 0 aliphatic rings. The van der Waals surface area contributed by atoms with Gasteiger partial charge in [-0.05, 0) is 43.7 Å². The number of amides is 2. The van der Waals surface area contributed by atoms with E-state index in [1.807, 2.05) is 54.8 Å². The minimum Gasteiger partial charge on any atom is -0.332 e. The van der Waals surface area contributed by atoms with Crippen molar-refractivity contribution in [2.75, 3.05) is 5.32 Å². The lowest BCUT2D eigenvalue weighted by atomic mass is 10.3. The van der Waals surface area contributed by atoms with E-state index >= 15 is 0 Å². The zero-order chi connectivity index (χ0) is 15.5. The monoisotopic (exact) mass is 295 g/mol. The maximum Gasteiger partial charge on any atom is 0.320 e. The van der Waals surface area contributed by atoms with Crippen LogP contribution < -0.4 is 10.6 Å². The fraction of sp³-hybridized carbons (Fsp3) is 0.188. The molecule has 0 aromatic carbocycles. The molecule has 6 nitrogen and oxygen atoms in total. The van der Waals surface area contributed by atoms with Crippen LogP contribution in [-0.4, -0.2) is 20.4 Å². The lowest BCUT2D eigenvalue weighted by molar-refractivity contribution is 0.251. The van der Waals surface area contributed by atoms with E-state index < -0.39 is 0 Å². The summed E-state index contributed by atoms with van der Waals surface area (Å²) in [4.78, 5) is 20.4. The number of carbonyl (C=O) groups is 1. The Hall–Kier alpha value is -2.89. The molecular formula is C16H17N5O. The van der Waals surface area contributed by atoms with Crippen LogP contribution in [0.1, 0.15) is 17.0 Å². The van der Waals surface area contributed by atoms with E-state index in [0.717, 1.165) is 22.6 Å². The number of rotatable bonds is 3. The third kappa shape index (κ3) is 3.06. The van der Waals surface area contributed by atoms with Gasteiger partial charge in [0.2, 0.25) is 0 Å². The summed E-state index contributed by atoms with van der Waals surface area (Å²) >= 11 is 0. The molecule has 2 N–H and O–H groups in total. The average Bonchev–Trinajstić information content (AvgIpc) is 2.90. The van der Waals surface area contributed by atoms with Crippen LogP contribution in [0.3, 0.4) is 0 Å². The predicted molar refractivity (Wildman–Crippen MR) is 84.8 cm³/mol. The van der Waals surface area contributed by atoms with Crippen LogP contribution in [0.2, 0.25) is 0 Å². The maximum absolute atomic E-state index is 11.9. The Morgan fingerprint density at radius 1 is 1.27 bits per heavy atom. The van der Waals surface area contributed by atoms with Gasteiger partial charge in [-0.2, -0.15) is 0 Å². The minimum atomic E-state index is -0.299. The van der Waals surface area contributed by atoms with Crippen molar-refractivity contribution in [1.29, 1.82) is 0 Å². The number of hydrogen-bond acceptors (Lipinski definition) is 3. The molecule has 0 aliphatic heterocycles. The van der Waals surface area contributed by atoms with Crippen LogP contribution in [0, 0.1) is 13.8 Å². The summed E-state index contributed by atoms with van der Waals surface area (Å²) in [5, 5.41) is 5.48. The first kappa shape index (κ1) is 14.1. The van der Waals surface area contributed by atoms with E-state index in [-0.39, 0.29) is 6.03 Å². The third-order valence-electron chi connectivity index (χ3n) is 3.33. The highest BCUT2D eigenvalue weighted by atomic mass is 16.2. The largest absolute Gasteiger partial charge is 0.332 e. The predicted octanol–water partition coefficient (Wildman–Crippen LogP) is 2.67. The molecule has 3 heterocycles. The van der Waals surface area contributed by atoms with Crippen molar-refractivity contribution in [3.63, 3.8) is 0 Å². The summed E-state index contributed by atoms with van der Waals surface area (Å²) in [5.41, 5.74) is 3.82. The van der Waals surface area contributed by atoms with Crippen LogP contribution in [0.15, 0.2) is 42.7 Å². The van der Waals surface area contributed by atoms with Gasteiger partial charge in [0, 0.05) is 18.1 Å². The number of carbonyl (C=O) groups excluding carboxylic acids is 1. The van der Waals surface area contributed by atoms with Gasteiger partial charge in [-0.15, -0.1) is 0 Å². The molecule has 0 spiro atoms. The number of fused-ring (bicyclic) bond motifs is 1. The SMILES string of the molecule is Cc1ccnc(NC(=O)NCc2cn3c(C)cccc3n2)c1. The first-order valence-electron chi connectivity index (χ1n) is 7.03. The Labute approximate surface area is 128 Å². The fourth-order valence-electron chi connectivity index (χ4n) is 2.22. The minimum absolute atomic E-state index is 0.299. The summed E-state index contributed by atoms with van der Waals surface area (Å²) in [6.07, 6.45) is 3.59. The molecule has 0 bridgehead atoms. The molecule has 0 atom stereocenters. The van der Waals surface area contributed by atoms with Crippen molar-refractivity contribution in [3.8, 4) is 0 Å². The second kappa shape index (κ2) is 5.85. The van der Waals surface area contributed by atoms with E-state index in [1.54, 1.807) is 6.20 Å². The Morgan fingerprint density at radius 2 is 2.14 bits per heavy atom. The highest BCUT2D eigenvalue weighted by Gasteiger charge is 2.06. The standard InChI is InChI=1S/C16H17N5O/c1-11-6-7-17-14(8-11)20-16(22)18-9-13-10-21-12(2)4-3-5-15(21)19-13/h3-8,10H,9H2,1-2H3,(H2,17,18,20,22). The third-order valence-corrected chi connectivity index (χ3v) is 3.33. The van der Waals surface area contributed by atoms with Crippen molar-refractivity contribution < 1.29 is 4.79 Å². The zero-order valence-corrected chi connectivity index (χ0v) is 12.5. The maximum atomic E-state index is 11.9.